The van der Waals surface area contributed by atoms with Crippen molar-refractivity contribution in [2.24, 2.45) is 0 Å². The molecule has 1 heterocycles. The van der Waals surface area contributed by atoms with E-state index in [1.807, 2.05) is 30.3 Å². The number of nitrogens with zero attached hydrogens (tertiary/aromatic N) is 1. The minimum atomic E-state index is -0.903. The van der Waals surface area contributed by atoms with Crippen LogP contribution in [0.15, 0.2) is 42.5 Å². The lowest BCUT2D eigenvalue weighted by molar-refractivity contribution is 0.464. The summed E-state index contributed by atoms with van der Waals surface area (Å²) < 4.78 is 41.2. The molecule has 0 aromatic heterocycles. The lowest BCUT2D eigenvalue weighted by Gasteiger charge is -2.38. The molecule has 1 aliphatic rings. The van der Waals surface area contributed by atoms with E-state index in [4.69, 9.17) is 0 Å². The smallest absolute Gasteiger partial charge is 0.152 e. The van der Waals surface area contributed by atoms with E-state index >= 15 is 0 Å². The van der Waals surface area contributed by atoms with Gasteiger partial charge in [0.15, 0.2) is 11.6 Å². The molecule has 3 rings (SSSR count). The topological polar surface area (TPSA) is 15.3 Å². The first-order chi connectivity index (χ1) is 10.2. The van der Waals surface area contributed by atoms with Gasteiger partial charge in [0, 0.05) is 31.8 Å². The lowest BCUT2D eigenvalue weighted by Crippen LogP contribution is -2.46. The van der Waals surface area contributed by atoms with Gasteiger partial charge in [-0.1, -0.05) is 30.3 Å². The molecule has 1 saturated heterocycles. The zero-order chi connectivity index (χ0) is 14.8. The van der Waals surface area contributed by atoms with Crippen molar-refractivity contribution in [2.75, 3.05) is 24.5 Å². The Labute approximate surface area is 121 Å². The van der Waals surface area contributed by atoms with E-state index in [1.165, 1.54) is 0 Å². The molecule has 1 atom stereocenters. The van der Waals surface area contributed by atoms with Crippen LogP contribution in [0.4, 0.5) is 18.9 Å². The van der Waals surface area contributed by atoms with Crippen LogP contribution in [0, 0.1) is 17.5 Å². The van der Waals surface area contributed by atoms with E-state index in [0.29, 0.717) is 19.6 Å². The second kappa shape index (κ2) is 5.77. The molecule has 2 nitrogen and oxygen atoms in total. The van der Waals surface area contributed by atoms with Crippen molar-refractivity contribution in [3.63, 3.8) is 0 Å². The van der Waals surface area contributed by atoms with Gasteiger partial charge < -0.3 is 10.2 Å². The molecular formula is C16H15F3N2. The summed E-state index contributed by atoms with van der Waals surface area (Å²) >= 11 is 0. The Kier molecular flexibility index (Phi) is 3.84. The highest BCUT2D eigenvalue weighted by atomic mass is 19.1. The van der Waals surface area contributed by atoms with Gasteiger partial charge in [0.1, 0.15) is 11.5 Å². The quantitative estimate of drug-likeness (QED) is 0.914. The zero-order valence-electron chi connectivity index (χ0n) is 11.3. The van der Waals surface area contributed by atoms with Gasteiger partial charge in [0.05, 0.1) is 6.04 Å². The Hall–Kier alpha value is -2.01. The molecule has 1 N–H and O–H groups in total. The fourth-order valence-corrected chi connectivity index (χ4v) is 2.75. The zero-order valence-corrected chi connectivity index (χ0v) is 11.3. The summed E-state index contributed by atoms with van der Waals surface area (Å²) in [6, 6.07) is 10.8. The molecule has 5 heteroatoms. The molecule has 2 aromatic rings. The Morgan fingerprint density at radius 1 is 1.00 bits per heavy atom. The molecule has 0 radical (unpaired) electrons. The van der Waals surface area contributed by atoms with E-state index in [9.17, 15) is 13.2 Å². The van der Waals surface area contributed by atoms with Crippen molar-refractivity contribution in [3.05, 3.63) is 65.5 Å². The molecule has 1 fully saturated rings. The van der Waals surface area contributed by atoms with Gasteiger partial charge in [-0.2, -0.15) is 0 Å². The second-order valence-electron chi connectivity index (χ2n) is 5.04. The van der Waals surface area contributed by atoms with E-state index in [-0.39, 0.29) is 11.7 Å². The first kappa shape index (κ1) is 13.9. The first-order valence-electron chi connectivity index (χ1n) is 6.83. The van der Waals surface area contributed by atoms with Crippen LogP contribution in [0.3, 0.4) is 0 Å². The summed E-state index contributed by atoms with van der Waals surface area (Å²) in [7, 11) is 0. The third-order valence-electron chi connectivity index (χ3n) is 3.70. The van der Waals surface area contributed by atoms with E-state index in [2.05, 4.69) is 5.32 Å². The predicted molar refractivity (Wildman–Crippen MR) is 75.7 cm³/mol. The Bertz CT molecular complexity index is 608. The van der Waals surface area contributed by atoms with Crippen LogP contribution in [0.25, 0.3) is 0 Å². The average Bonchev–Trinajstić information content (AvgIpc) is 2.48. The molecule has 0 aliphatic carbocycles. The van der Waals surface area contributed by atoms with Gasteiger partial charge in [0.2, 0.25) is 0 Å². The summed E-state index contributed by atoms with van der Waals surface area (Å²) in [5.41, 5.74) is 0.805. The summed E-state index contributed by atoms with van der Waals surface area (Å²) in [6.07, 6.45) is 0. The Balaban J connectivity index is 2.03. The second-order valence-corrected chi connectivity index (χ2v) is 5.04. The number of piperazine rings is 1. The number of benzene rings is 2. The van der Waals surface area contributed by atoms with Crippen LogP contribution in [0.5, 0.6) is 0 Å². The fraction of sp³-hybridized carbons (Fsp3) is 0.250. The standard InChI is InChI=1S/C16H15F3N2/c17-12-8-13(18)16(14(19)9-12)21-7-6-20-10-15(21)11-4-2-1-3-5-11/h1-5,8-9,15,20H,6-7,10H2. The van der Waals surface area contributed by atoms with Crippen LogP contribution < -0.4 is 10.2 Å². The van der Waals surface area contributed by atoms with E-state index < -0.39 is 17.5 Å². The number of hydrogen-bond donors (Lipinski definition) is 1. The van der Waals surface area contributed by atoms with Crippen molar-refractivity contribution in [1.82, 2.24) is 5.32 Å². The fourth-order valence-electron chi connectivity index (χ4n) is 2.75. The Morgan fingerprint density at radius 3 is 2.33 bits per heavy atom. The molecule has 1 aliphatic heterocycles. The number of anilines is 1. The molecule has 0 saturated carbocycles. The van der Waals surface area contributed by atoms with Crippen molar-refractivity contribution >= 4 is 5.69 Å². The number of hydrogen-bond acceptors (Lipinski definition) is 2. The summed E-state index contributed by atoms with van der Waals surface area (Å²) in [5, 5.41) is 3.22. The van der Waals surface area contributed by atoms with Crippen molar-refractivity contribution in [3.8, 4) is 0 Å². The van der Waals surface area contributed by atoms with Crippen LogP contribution in [0.1, 0.15) is 11.6 Å². The van der Waals surface area contributed by atoms with Crippen LogP contribution in [-0.4, -0.2) is 19.6 Å². The largest absolute Gasteiger partial charge is 0.357 e. The number of nitrogens with one attached hydrogen (secondary N) is 1. The minimum Gasteiger partial charge on any atom is -0.357 e. The highest BCUT2D eigenvalue weighted by Crippen LogP contribution is 2.32. The van der Waals surface area contributed by atoms with Gasteiger partial charge in [-0.15, -0.1) is 0 Å². The maximum atomic E-state index is 14.0. The summed E-state index contributed by atoms with van der Waals surface area (Å²) in [4.78, 5) is 1.66. The molecule has 110 valence electrons. The maximum Gasteiger partial charge on any atom is 0.152 e. The summed E-state index contributed by atoms with van der Waals surface area (Å²) in [5.74, 6) is -2.63. The molecule has 1 unspecified atom stereocenters. The maximum absolute atomic E-state index is 14.0. The highest BCUT2D eigenvalue weighted by Gasteiger charge is 2.28. The van der Waals surface area contributed by atoms with E-state index in [0.717, 1.165) is 17.7 Å². The van der Waals surface area contributed by atoms with Crippen LogP contribution in [0.2, 0.25) is 0 Å². The molecule has 0 spiro atoms. The van der Waals surface area contributed by atoms with Gasteiger partial charge >= 0.3 is 0 Å². The Morgan fingerprint density at radius 2 is 1.67 bits per heavy atom. The SMILES string of the molecule is Fc1cc(F)c(N2CCNCC2c2ccccc2)c(F)c1. The highest BCUT2D eigenvalue weighted by molar-refractivity contribution is 5.52. The lowest BCUT2D eigenvalue weighted by atomic mass is 10.0. The van der Waals surface area contributed by atoms with Gasteiger partial charge in [-0.05, 0) is 5.56 Å². The third-order valence-corrected chi connectivity index (χ3v) is 3.70. The molecule has 0 bridgehead atoms. The van der Waals surface area contributed by atoms with Crippen LogP contribution >= 0.6 is 0 Å². The number of rotatable bonds is 2. The molecule has 21 heavy (non-hydrogen) atoms. The van der Waals surface area contributed by atoms with Gasteiger partial charge in [0.25, 0.3) is 0 Å². The average molecular weight is 292 g/mol. The van der Waals surface area contributed by atoms with Gasteiger partial charge in [-0.25, -0.2) is 13.2 Å². The molecule has 0 amide bonds. The number of halogens is 3. The summed E-state index contributed by atoms with van der Waals surface area (Å²) in [6.45, 7) is 1.67. The normalized spacial score (nSPS) is 18.8. The molecular weight excluding hydrogens is 277 g/mol. The molecule has 2 aromatic carbocycles. The first-order valence-corrected chi connectivity index (χ1v) is 6.83. The van der Waals surface area contributed by atoms with Crippen molar-refractivity contribution in [2.45, 2.75) is 6.04 Å². The van der Waals surface area contributed by atoms with E-state index in [1.54, 1.807) is 4.90 Å². The predicted octanol–water partition coefficient (Wildman–Crippen LogP) is 3.25. The van der Waals surface area contributed by atoms with Crippen molar-refractivity contribution < 1.29 is 13.2 Å². The minimum absolute atomic E-state index is 0.160. The third kappa shape index (κ3) is 2.74. The van der Waals surface area contributed by atoms with Crippen molar-refractivity contribution in [1.29, 1.82) is 0 Å². The van der Waals surface area contributed by atoms with Crippen LogP contribution in [-0.2, 0) is 0 Å². The monoisotopic (exact) mass is 292 g/mol. The van der Waals surface area contributed by atoms with Gasteiger partial charge in [-0.3, -0.25) is 0 Å².